The van der Waals surface area contributed by atoms with Crippen LogP contribution in [-0.2, 0) is 19.6 Å². The fraction of sp³-hybridized carbons (Fsp3) is 0.476. The van der Waals surface area contributed by atoms with Gasteiger partial charge in [0.25, 0.3) is 10.0 Å². The minimum atomic E-state index is -3.78. The molecular weight excluding hydrogens is 420 g/mol. The van der Waals surface area contributed by atoms with E-state index in [0.717, 1.165) is 5.56 Å². The molecule has 10 heteroatoms. The van der Waals surface area contributed by atoms with Crippen molar-refractivity contribution in [3.63, 3.8) is 0 Å². The van der Waals surface area contributed by atoms with Crippen LogP contribution in [0.4, 0.5) is 4.79 Å². The maximum absolute atomic E-state index is 12.8. The van der Waals surface area contributed by atoms with Crippen molar-refractivity contribution in [2.24, 2.45) is 4.40 Å². The van der Waals surface area contributed by atoms with Gasteiger partial charge in [0.2, 0.25) is 0 Å². The largest absolute Gasteiger partial charge is 0.469 e. The number of hydrogen-bond donors (Lipinski definition) is 1. The lowest BCUT2D eigenvalue weighted by atomic mass is 10.1. The Bertz CT molecular complexity index is 1010. The predicted molar refractivity (Wildman–Crippen MR) is 118 cm³/mol. The zero-order valence-corrected chi connectivity index (χ0v) is 18.9. The first-order chi connectivity index (χ1) is 14.7. The maximum atomic E-state index is 12.8. The van der Waals surface area contributed by atoms with Crippen LogP contribution in [-0.4, -0.2) is 75.9 Å². The van der Waals surface area contributed by atoms with Crippen LogP contribution in [0.15, 0.2) is 34.2 Å². The van der Waals surface area contributed by atoms with Gasteiger partial charge < -0.3 is 19.9 Å². The zero-order valence-electron chi connectivity index (χ0n) is 18.1. The number of esters is 1. The minimum Gasteiger partial charge on any atom is -0.469 e. The number of methoxy groups -OCH3 is 1. The molecule has 1 fully saturated rings. The van der Waals surface area contributed by atoms with E-state index in [-0.39, 0.29) is 29.9 Å². The lowest BCUT2D eigenvalue weighted by Crippen LogP contribution is -2.43. The number of nitrogens with one attached hydrogen (secondary N) is 1. The van der Waals surface area contributed by atoms with Crippen LogP contribution in [0.3, 0.4) is 0 Å². The molecule has 2 heterocycles. The van der Waals surface area contributed by atoms with E-state index >= 15 is 0 Å². The van der Waals surface area contributed by atoms with Crippen LogP contribution < -0.4 is 5.32 Å². The van der Waals surface area contributed by atoms with E-state index in [1.807, 2.05) is 24.0 Å². The summed E-state index contributed by atoms with van der Waals surface area (Å²) in [7, 11) is -2.47. The first kappa shape index (κ1) is 22.8. The summed E-state index contributed by atoms with van der Waals surface area (Å²) in [6.45, 7) is 5.96. The smallest absolute Gasteiger partial charge is 0.317 e. The van der Waals surface area contributed by atoms with Crippen molar-refractivity contribution in [3.05, 3.63) is 41.0 Å². The Balaban J connectivity index is 1.69. The molecule has 2 aliphatic heterocycles. The monoisotopic (exact) mass is 448 g/mol. The molecule has 1 aromatic rings. The van der Waals surface area contributed by atoms with Crippen LogP contribution >= 0.6 is 0 Å². The van der Waals surface area contributed by atoms with Crippen LogP contribution in [0.1, 0.15) is 30.9 Å². The van der Waals surface area contributed by atoms with Gasteiger partial charge in [-0.3, -0.25) is 4.79 Å². The molecule has 168 valence electrons. The van der Waals surface area contributed by atoms with Crippen molar-refractivity contribution in [3.8, 4) is 0 Å². The molecule has 2 aliphatic rings. The highest BCUT2D eigenvalue weighted by atomic mass is 32.2. The van der Waals surface area contributed by atoms with Gasteiger partial charge in [-0.25, -0.2) is 4.79 Å². The molecule has 0 aromatic heterocycles. The summed E-state index contributed by atoms with van der Waals surface area (Å²) in [4.78, 5) is 27.4. The Hall–Kier alpha value is -2.88. The zero-order chi connectivity index (χ0) is 22.6. The second kappa shape index (κ2) is 9.51. The standard InChI is InChI=1S/C21H28N4O5S/c1-15-5-7-17(8-6-15)19-16(2)20(23-31(19,28)29)24-11-4-12-25(14-13-24)21(27)22-10-9-18(26)30-3/h5-8H,4,9-14H2,1-3H3,(H,22,27). The SMILES string of the molecule is COC(=O)CCNC(=O)N1CCCN(C2=NS(=O)(=O)C(c3ccc(C)cc3)=C2C)CC1. The number of ether oxygens (including phenoxy) is 1. The summed E-state index contributed by atoms with van der Waals surface area (Å²) < 4.78 is 34.2. The third-order valence-corrected chi connectivity index (χ3v) is 6.84. The van der Waals surface area contributed by atoms with Gasteiger partial charge in [-0.1, -0.05) is 29.8 Å². The molecule has 0 bridgehead atoms. The second-order valence-corrected chi connectivity index (χ2v) is 9.14. The van der Waals surface area contributed by atoms with Crippen molar-refractivity contribution in [1.29, 1.82) is 0 Å². The van der Waals surface area contributed by atoms with E-state index in [1.54, 1.807) is 24.0 Å². The number of nitrogens with zero attached hydrogens (tertiary/aromatic N) is 3. The Morgan fingerprint density at radius 1 is 1.10 bits per heavy atom. The molecule has 1 N–H and O–H groups in total. The fourth-order valence-electron chi connectivity index (χ4n) is 3.71. The first-order valence-corrected chi connectivity index (χ1v) is 11.6. The topological polar surface area (TPSA) is 108 Å². The van der Waals surface area contributed by atoms with E-state index in [4.69, 9.17) is 0 Å². The van der Waals surface area contributed by atoms with Crippen molar-refractivity contribution in [2.45, 2.75) is 26.7 Å². The summed E-state index contributed by atoms with van der Waals surface area (Å²) in [5, 5.41) is 2.72. The highest BCUT2D eigenvalue weighted by Gasteiger charge is 2.34. The molecule has 0 aliphatic carbocycles. The molecule has 0 radical (unpaired) electrons. The van der Waals surface area contributed by atoms with Gasteiger partial charge in [0.05, 0.1) is 13.5 Å². The molecular formula is C21H28N4O5S. The summed E-state index contributed by atoms with van der Waals surface area (Å²) >= 11 is 0. The Morgan fingerprint density at radius 2 is 1.81 bits per heavy atom. The molecule has 0 saturated carbocycles. The van der Waals surface area contributed by atoms with Crippen LogP contribution in [0.2, 0.25) is 0 Å². The number of sulfonamides is 1. The average Bonchev–Trinajstić information content (AvgIpc) is 2.89. The normalized spacial score (nSPS) is 18.5. The fourth-order valence-corrected chi connectivity index (χ4v) is 5.19. The Morgan fingerprint density at radius 3 is 2.48 bits per heavy atom. The molecule has 2 amide bonds. The molecule has 0 spiro atoms. The van der Waals surface area contributed by atoms with E-state index in [9.17, 15) is 18.0 Å². The van der Waals surface area contributed by atoms with Gasteiger partial charge in [0.15, 0.2) is 0 Å². The number of amidine groups is 1. The van der Waals surface area contributed by atoms with E-state index in [2.05, 4.69) is 14.5 Å². The first-order valence-electron chi connectivity index (χ1n) is 10.2. The number of carbonyl (C=O) groups excluding carboxylic acids is 2. The lowest BCUT2D eigenvalue weighted by molar-refractivity contribution is -0.140. The van der Waals surface area contributed by atoms with Gasteiger partial charge in [0.1, 0.15) is 10.7 Å². The highest BCUT2D eigenvalue weighted by molar-refractivity contribution is 8.00. The summed E-state index contributed by atoms with van der Waals surface area (Å²) in [6, 6.07) is 7.11. The van der Waals surface area contributed by atoms with Crippen molar-refractivity contribution >= 4 is 32.8 Å². The third-order valence-electron chi connectivity index (χ3n) is 5.37. The summed E-state index contributed by atoms with van der Waals surface area (Å²) in [5.41, 5.74) is 2.30. The molecule has 0 atom stereocenters. The number of rotatable bonds is 4. The quantitative estimate of drug-likeness (QED) is 0.703. The summed E-state index contributed by atoms with van der Waals surface area (Å²) in [5.74, 6) is 0.0676. The van der Waals surface area contributed by atoms with E-state index in [1.165, 1.54) is 7.11 Å². The number of benzene rings is 1. The molecule has 0 unspecified atom stereocenters. The Labute approximate surface area is 182 Å². The van der Waals surface area contributed by atoms with E-state index < -0.39 is 10.0 Å². The number of aryl methyl sites for hydroxylation is 1. The third kappa shape index (κ3) is 5.25. The molecule has 9 nitrogen and oxygen atoms in total. The number of amides is 2. The Kier molecular flexibility index (Phi) is 6.99. The lowest BCUT2D eigenvalue weighted by Gasteiger charge is -2.24. The molecule has 1 saturated heterocycles. The second-order valence-electron chi connectivity index (χ2n) is 7.60. The van der Waals surface area contributed by atoms with Crippen LogP contribution in [0.5, 0.6) is 0 Å². The number of hydrogen-bond acceptors (Lipinski definition) is 6. The van der Waals surface area contributed by atoms with Gasteiger partial charge in [0, 0.05) is 38.3 Å². The molecule has 3 rings (SSSR count). The average molecular weight is 449 g/mol. The predicted octanol–water partition coefficient (Wildman–Crippen LogP) is 1.75. The van der Waals surface area contributed by atoms with Gasteiger partial charge in [-0.2, -0.15) is 8.42 Å². The minimum absolute atomic E-state index is 0.114. The summed E-state index contributed by atoms with van der Waals surface area (Å²) in [6.07, 6.45) is 0.791. The number of urea groups is 1. The van der Waals surface area contributed by atoms with Crippen molar-refractivity contribution < 1.29 is 22.7 Å². The maximum Gasteiger partial charge on any atom is 0.317 e. The van der Waals surface area contributed by atoms with Gasteiger partial charge in [-0.05, 0) is 25.8 Å². The van der Waals surface area contributed by atoms with Gasteiger partial charge in [-0.15, -0.1) is 4.40 Å². The highest BCUT2D eigenvalue weighted by Crippen LogP contribution is 2.33. The molecule has 1 aromatic carbocycles. The van der Waals surface area contributed by atoms with Crippen LogP contribution in [0, 0.1) is 6.92 Å². The van der Waals surface area contributed by atoms with Gasteiger partial charge >= 0.3 is 12.0 Å². The van der Waals surface area contributed by atoms with Crippen molar-refractivity contribution in [1.82, 2.24) is 15.1 Å². The van der Waals surface area contributed by atoms with Crippen LogP contribution in [0.25, 0.3) is 4.91 Å². The van der Waals surface area contributed by atoms with E-state index in [0.29, 0.717) is 49.6 Å². The number of carbonyl (C=O) groups is 2. The van der Waals surface area contributed by atoms with Crippen molar-refractivity contribution in [2.75, 3.05) is 39.8 Å². The molecule has 31 heavy (non-hydrogen) atoms.